The third-order valence-electron chi connectivity index (χ3n) is 3.12. The molecular weight excluding hydrogens is 441 g/mol. The first-order valence-electron chi connectivity index (χ1n) is 7.33. The Morgan fingerprint density at radius 2 is 2.12 bits per heavy atom. The van der Waals surface area contributed by atoms with Gasteiger partial charge in [-0.15, -0.1) is 35.3 Å². The van der Waals surface area contributed by atoms with Crippen molar-refractivity contribution >= 4 is 47.2 Å². The maximum atomic E-state index is 11.0. The monoisotopic (exact) mass is 463 g/mol. The van der Waals surface area contributed by atoms with E-state index in [1.807, 2.05) is 13.8 Å². The van der Waals surface area contributed by atoms with Gasteiger partial charge in [0.05, 0.1) is 12.2 Å². The van der Waals surface area contributed by atoms with Crippen LogP contribution in [0.15, 0.2) is 21.5 Å². The smallest absolute Gasteiger partial charge is 0.284 e. The topological polar surface area (TPSA) is 106 Å². The van der Waals surface area contributed by atoms with E-state index in [0.717, 1.165) is 17.2 Å². The van der Waals surface area contributed by atoms with E-state index in [-0.39, 0.29) is 29.7 Å². The van der Waals surface area contributed by atoms with Gasteiger partial charge in [0.25, 0.3) is 5.91 Å². The summed E-state index contributed by atoms with van der Waals surface area (Å²) >= 11 is 1.67. The molecule has 0 aliphatic rings. The summed E-state index contributed by atoms with van der Waals surface area (Å²) < 4.78 is 5.31. The zero-order chi connectivity index (χ0) is 16.8. The van der Waals surface area contributed by atoms with E-state index in [9.17, 15) is 4.79 Å². The molecular formula is C15H22IN5O2S. The first kappa shape index (κ1) is 20.4. The number of hydrogen-bond acceptors (Lipinski definition) is 5. The number of amides is 1. The van der Waals surface area contributed by atoms with Crippen LogP contribution >= 0.6 is 35.3 Å². The summed E-state index contributed by atoms with van der Waals surface area (Å²) in [5.74, 6) is 0.800. The number of nitrogens with zero attached hydrogens (tertiary/aromatic N) is 2. The number of aliphatic imine (C=N–C) groups is 1. The van der Waals surface area contributed by atoms with Crippen molar-refractivity contribution in [3.63, 3.8) is 0 Å². The molecule has 0 saturated carbocycles. The Bertz CT molecular complexity index is 691. The van der Waals surface area contributed by atoms with Crippen molar-refractivity contribution in [3.05, 3.63) is 39.2 Å². The summed E-state index contributed by atoms with van der Waals surface area (Å²) in [7, 11) is 0. The third kappa shape index (κ3) is 5.78. The molecule has 0 fully saturated rings. The van der Waals surface area contributed by atoms with Crippen molar-refractivity contribution < 1.29 is 9.21 Å². The van der Waals surface area contributed by atoms with Gasteiger partial charge in [0.2, 0.25) is 0 Å². The van der Waals surface area contributed by atoms with Gasteiger partial charge in [-0.25, -0.2) is 9.98 Å². The summed E-state index contributed by atoms with van der Waals surface area (Å²) in [6.07, 6.45) is 0. The van der Waals surface area contributed by atoms with Crippen LogP contribution in [-0.4, -0.2) is 23.4 Å². The second kappa shape index (κ2) is 9.62. The maximum Gasteiger partial charge on any atom is 0.284 e. The predicted molar refractivity (Wildman–Crippen MR) is 106 cm³/mol. The standard InChI is InChI=1S/C15H21N5O2S.HI/c1-4-17-15(19-8-13-20-9(2)10(3)23-13)18-7-11-5-6-12(22-11)14(16)21;/h5-6H,4,7-8H2,1-3H3,(H2,16,21)(H2,17,18,19);1H. The van der Waals surface area contributed by atoms with E-state index in [4.69, 9.17) is 10.2 Å². The van der Waals surface area contributed by atoms with E-state index in [0.29, 0.717) is 24.8 Å². The molecule has 2 heterocycles. The molecule has 0 saturated heterocycles. The largest absolute Gasteiger partial charge is 0.454 e. The molecule has 2 aromatic heterocycles. The molecule has 4 N–H and O–H groups in total. The number of halogens is 1. The van der Waals surface area contributed by atoms with Crippen molar-refractivity contribution in [2.24, 2.45) is 10.7 Å². The molecule has 0 radical (unpaired) electrons. The van der Waals surface area contributed by atoms with Crippen molar-refractivity contribution in [1.82, 2.24) is 15.6 Å². The number of nitrogens with one attached hydrogen (secondary N) is 2. The summed E-state index contributed by atoms with van der Waals surface area (Å²) in [5, 5.41) is 7.40. The van der Waals surface area contributed by atoms with Crippen molar-refractivity contribution in [2.75, 3.05) is 6.54 Å². The van der Waals surface area contributed by atoms with Gasteiger partial charge < -0.3 is 20.8 Å². The van der Waals surface area contributed by atoms with Gasteiger partial charge in [-0.05, 0) is 32.9 Å². The molecule has 0 aromatic carbocycles. The van der Waals surface area contributed by atoms with Crippen LogP contribution in [0.25, 0.3) is 0 Å². The van der Waals surface area contributed by atoms with E-state index in [2.05, 4.69) is 27.5 Å². The lowest BCUT2D eigenvalue weighted by Crippen LogP contribution is -2.36. The molecule has 2 rings (SSSR count). The van der Waals surface area contributed by atoms with Crippen LogP contribution in [0.3, 0.4) is 0 Å². The number of furan rings is 1. The fraction of sp³-hybridized carbons (Fsp3) is 0.400. The molecule has 132 valence electrons. The molecule has 0 aliphatic heterocycles. The highest BCUT2D eigenvalue weighted by molar-refractivity contribution is 14.0. The number of carbonyl (C=O) groups is 1. The van der Waals surface area contributed by atoms with E-state index in [1.54, 1.807) is 23.5 Å². The average molecular weight is 463 g/mol. The van der Waals surface area contributed by atoms with Crippen LogP contribution in [0.5, 0.6) is 0 Å². The number of aryl methyl sites for hydroxylation is 2. The van der Waals surface area contributed by atoms with Gasteiger partial charge in [0.1, 0.15) is 17.3 Å². The molecule has 9 heteroatoms. The van der Waals surface area contributed by atoms with Crippen molar-refractivity contribution in [3.8, 4) is 0 Å². The minimum atomic E-state index is -0.584. The summed E-state index contributed by atoms with van der Waals surface area (Å²) in [6, 6.07) is 3.25. The number of guanidine groups is 1. The zero-order valence-electron chi connectivity index (χ0n) is 13.9. The molecule has 0 bridgehead atoms. The minimum absolute atomic E-state index is 0. The fourth-order valence-electron chi connectivity index (χ4n) is 1.87. The highest BCUT2D eigenvalue weighted by Crippen LogP contribution is 2.15. The Morgan fingerprint density at radius 1 is 1.38 bits per heavy atom. The quantitative estimate of drug-likeness (QED) is 0.347. The maximum absolute atomic E-state index is 11.0. The molecule has 0 unspecified atom stereocenters. The summed E-state index contributed by atoms with van der Waals surface area (Å²) in [6.45, 7) is 7.72. The average Bonchev–Trinajstić information content (AvgIpc) is 3.10. The fourth-order valence-corrected chi connectivity index (χ4v) is 2.74. The summed E-state index contributed by atoms with van der Waals surface area (Å²) in [4.78, 5) is 21.1. The SMILES string of the molecule is CCNC(=NCc1ccc(C(N)=O)o1)NCc1nc(C)c(C)s1.I. The molecule has 0 spiro atoms. The molecule has 24 heavy (non-hydrogen) atoms. The normalized spacial score (nSPS) is 11.0. The lowest BCUT2D eigenvalue weighted by atomic mass is 10.4. The molecule has 7 nitrogen and oxygen atoms in total. The van der Waals surface area contributed by atoms with Crippen LogP contribution < -0.4 is 16.4 Å². The Kier molecular flexibility index (Phi) is 8.19. The first-order valence-corrected chi connectivity index (χ1v) is 8.14. The van der Waals surface area contributed by atoms with Gasteiger partial charge in [0.15, 0.2) is 11.7 Å². The number of nitrogens with two attached hydrogens (primary N) is 1. The van der Waals surface area contributed by atoms with Crippen LogP contribution in [0, 0.1) is 13.8 Å². The molecule has 0 atom stereocenters. The Labute approximate surface area is 162 Å². The second-order valence-electron chi connectivity index (χ2n) is 4.93. The molecule has 1 amide bonds. The lowest BCUT2D eigenvalue weighted by Gasteiger charge is -2.09. The van der Waals surface area contributed by atoms with Gasteiger partial charge in [-0.2, -0.15) is 0 Å². The Morgan fingerprint density at radius 3 is 2.67 bits per heavy atom. The van der Waals surface area contributed by atoms with Gasteiger partial charge in [0, 0.05) is 11.4 Å². The van der Waals surface area contributed by atoms with E-state index < -0.39 is 5.91 Å². The lowest BCUT2D eigenvalue weighted by molar-refractivity contribution is 0.0972. The van der Waals surface area contributed by atoms with Crippen LogP contribution in [0.1, 0.15) is 38.8 Å². The Balaban J connectivity index is 0.00000288. The Hall–Kier alpha value is -1.62. The highest BCUT2D eigenvalue weighted by atomic mass is 127. The second-order valence-corrected chi connectivity index (χ2v) is 6.22. The van der Waals surface area contributed by atoms with Crippen LogP contribution in [0.4, 0.5) is 0 Å². The third-order valence-corrected chi connectivity index (χ3v) is 4.19. The zero-order valence-corrected chi connectivity index (χ0v) is 17.0. The minimum Gasteiger partial charge on any atom is -0.454 e. The van der Waals surface area contributed by atoms with Gasteiger partial charge in [-0.3, -0.25) is 4.79 Å². The number of aromatic nitrogens is 1. The first-order chi connectivity index (χ1) is 11.0. The molecule has 2 aromatic rings. The molecule has 0 aliphatic carbocycles. The van der Waals surface area contributed by atoms with Crippen molar-refractivity contribution in [1.29, 1.82) is 0 Å². The van der Waals surface area contributed by atoms with Crippen molar-refractivity contribution in [2.45, 2.75) is 33.9 Å². The number of rotatable bonds is 6. The van der Waals surface area contributed by atoms with E-state index >= 15 is 0 Å². The van der Waals surface area contributed by atoms with Crippen LogP contribution in [-0.2, 0) is 13.1 Å². The number of primary amides is 1. The predicted octanol–water partition coefficient (Wildman–Crippen LogP) is 2.33. The van der Waals surface area contributed by atoms with Gasteiger partial charge >= 0.3 is 0 Å². The highest BCUT2D eigenvalue weighted by Gasteiger charge is 2.08. The number of hydrogen-bond donors (Lipinski definition) is 3. The summed E-state index contributed by atoms with van der Waals surface area (Å²) in [5.41, 5.74) is 6.22. The number of thiazole rings is 1. The van der Waals surface area contributed by atoms with Gasteiger partial charge in [-0.1, -0.05) is 0 Å². The van der Waals surface area contributed by atoms with Crippen LogP contribution in [0.2, 0.25) is 0 Å². The van der Waals surface area contributed by atoms with E-state index in [1.165, 1.54) is 4.88 Å². The number of carbonyl (C=O) groups excluding carboxylic acids is 1.